The lowest BCUT2D eigenvalue weighted by Crippen LogP contribution is -2.26. The third kappa shape index (κ3) is 5.92. The highest BCUT2D eigenvalue weighted by molar-refractivity contribution is 7.74. The number of halogens is 1. The van der Waals surface area contributed by atoms with Gasteiger partial charge in [0.25, 0.3) is 12.5 Å². The number of nitrogens with one attached hydrogen (secondary N) is 2. The fraction of sp³-hybridized carbons (Fsp3) is 0.318. The van der Waals surface area contributed by atoms with Crippen molar-refractivity contribution in [3.63, 3.8) is 0 Å². The van der Waals surface area contributed by atoms with Crippen molar-refractivity contribution in [2.75, 3.05) is 23.8 Å². The highest BCUT2D eigenvalue weighted by atomic mass is 35.5. The van der Waals surface area contributed by atoms with Crippen LogP contribution in [0.15, 0.2) is 42.5 Å². The van der Waals surface area contributed by atoms with Crippen LogP contribution in [0.3, 0.4) is 0 Å². The number of fused-ring (bicyclic) bond motifs is 1. The maximum atomic E-state index is 12.1. The lowest BCUT2D eigenvalue weighted by atomic mass is 9.86. The van der Waals surface area contributed by atoms with Crippen LogP contribution in [0.25, 0.3) is 0 Å². The summed E-state index contributed by atoms with van der Waals surface area (Å²) in [6.45, 7) is 4.26. The van der Waals surface area contributed by atoms with Gasteiger partial charge in [-0.15, -0.1) is 0 Å². The Kier molecular flexibility index (Phi) is 7.46. The van der Waals surface area contributed by atoms with E-state index in [0.29, 0.717) is 35.9 Å². The van der Waals surface area contributed by atoms with E-state index < -0.39 is 5.41 Å². The second-order valence-electron chi connectivity index (χ2n) is 7.67. The highest BCUT2D eigenvalue weighted by Crippen LogP contribution is 2.39. The van der Waals surface area contributed by atoms with Crippen LogP contribution in [0.4, 0.5) is 11.4 Å². The van der Waals surface area contributed by atoms with Crippen molar-refractivity contribution in [2.24, 2.45) is 0 Å². The molecule has 7 nitrogen and oxygen atoms in total. The number of benzene rings is 2. The van der Waals surface area contributed by atoms with Crippen LogP contribution in [0.1, 0.15) is 32.3 Å². The van der Waals surface area contributed by atoms with Crippen LogP contribution in [0.5, 0.6) is 5.75 Å². The Labute approximate surface area is 192 Å². The van der Waals surface area contributed by atoms with E-state index in [4.69, 9.17) is 20.6 Å². The van der Waals surface area contributed by atoms with Crippen LogP contribution >= 0.6 is 24.5 Å². The molecule has 1 heterocycles. The van der Waals surface area contributed by atoms with Gasteiger partial charge in [-0.1, -0.05) is 11.6 Å². The first-order valence-corrected chi connectivity index (χ1v) is 10.6. The first-order valence-electron chi connectivity index (χ1n) is 9.85. The zero-order valence-electron chi connectivity index (χ0n) is 17.4. The van der Waals surface area contributed by atoms with Crippen molar-refractivity contribution >= 4 is 53.9 Å². The van der Waals surface area contributed by atoms with Gasteiger partial charge >= 0.3 is 0 Å². The summed E-state index contributed by atoms with van der Waals surface area (Å²) in [6.07, 6.45) is 3.08. The summed E-state index contributed by atoms with van der Waals surface area (Å²) in [5.74, 6) is 0.460. The predicted octanol–water partition coefficient (Wildman–Crippen LogP) is 4.23. The van der Waals surface area contributed by atoms with E-state index in [1.54, 1.807) is 30.5 Å². The lowest BCUT2D eigenvalue weighted by Gasteiger charge is -2.16. The topological polar surface area (TPSA) is 79.7 Å². The van der Waals surface area contributed by atoms with Crippen molar-refractivity contribution < 1.29 is 23.3 Å². The summed E-state index contributed by atoms with van der Waals surface area (Å²) in [6, 6.07) is 12.5. The molecule has 2 aromatic rings. The highest BCUT2D eigenvalue weighted by Gasteiger charge is 2.38. The summed E-state index contributed by atoms with van der Waals surface area (Å²) in [5, 5.41) is 6.24. The summed E-state index contributed by atoms with van der Waals surface area (Å²) in [5.41, 5.74) is 1.84. The van der Waals surface area contributed by atoms with Crippen molar-refractivity contribution in [2.45, 2.75) is 32.1 Å². The van der Waals surface area contributed by atoms with Crippen LogP contribution in [0.2, 0.25) is 5.02 Å². The smallest absolute Gasteiger partial charge is 0.294 e. The van der Waals surface area contributed by atoms with Crippen molar-refractivity contribution in [1.29, 1.82) is 0 Å². The summed E-state index contributed by atoms with van der Waals surface area (Å²) in [7, 11) is 0. The number of amides is 2. The molecule has 0 radical (unpaired) electrons. The molecular formula is C22H25ClN3O4S+. The number of hydroxylamine groups is 1. The molecule has 31 heavy (non-hydrogen) atoms. The number of thiol groups is 1. The van der Waals surface area contributed by atoms with Crippen molar-refractivity contribution in [3.05, 3.63) is 53.1 Å². The Bertz CT molecular complexity index is 993. The zero-order chi connectivity index (χ0) is 22.4. The molecule has 0 aliphatic carbocycles. The van der Waals surface area contributed by atoms with Gasteiger partial charge in [0, 0.05) is 22.8 Å². The number of nitrogens with zero attached hydrogens (tertiary/aromatic N) is 1. The van der Waals surface area contributed by atoms with Crippen LogP contribution in [-0.2, 0) is 19.3 Å². The van der Waals surface area contributed by atoms with Gasteiger partial charge in [-0.3, -0.25) is 9.59 Å². The van der Waals surface area contributed by atoms with E-state index in [9.17, 15) is 9.59 Å². The molecule has 0 spiro atoms. The van der Waals surface area contributed by atoms with E-state index >= 15 is 0 Å². The van der Waals surface area contributed by atoms with Gasteiger partial charge in [0.2, 0.25) is 5.91 Å². The minimum Gasteiger partial charge on any atom is -0.494 e. The quantitative estimate of drug-likeness (QED) is 0.130. The molecule has 2 N–H and O–H groups in total. The van der Waals surface area contributed by atoms with E-state index in [-0.39, 0.29) is 18.4 Å². The standard InChI is InChI=1S/C22H24ClN3O4S/c1-22(2)18-13-17(9-10-19(18)25-21(22)28)29-12-4-3-11-26(30-31)14-20(27)24-16-7-5-15(23)6-8-16/h5-11,13H,3-4,12,14H2,1-2H3,(H2-,24,25,27,28,31)/p+1. The zero-order valence-corrected chi connectivity index (χ0v) is 19.0. The van der Waals surface area contributed by atoms with E-state index in [2.05, 4.69) is 23.5 Å². The Hall–Kier alpha value is -2.71. The molecule has 1 aliphatic heterocycles. The van der Waals surface area contributed by atoms with Crippen molar-refractivity contribution in [3.8, 4) is 5.75 Å². The molecule has 0 fully saturated rings. The molecular weight excluding hydrogens is 438 g/mol. The fourth-order valence-electron chi connectivity index (χ4n) is 3.15. The van der Waals surface area contributed by atoms with Crippen LogP contribution in [0, 0.1) is 0 Å². The normalized spacial score (nSPS) is 14.6. The monoisotopic (exact) mass is 462 g/mol. The average molecular weight is 463 g/mol. The van der Waals surface area contributed by atoms with Crippen LogP contribution in [-0.4, -0.2) is 35.9 Å². The van der Waals surface area contributed by atoms with E-state index in [0.717, 1.165) is 11.3 Å². The maximum absolute atomic E-state index is 12.1. The minimum absolute atomic E-state index is 0.00603. The van der Waals surface area contributed by atoms with Crippen molar-refractivity contribution in [1.82, 2.24) is 0 Å². The molecule has 0 saturated carbocycles. The average Bonchev–Trinajstić information content (AvgIpc) is 2.97. The van der Waals surface area contributed by atoms with Gasteiger partial charge < -0.3 is 15.4 Å². The first-order chi connectivity index (χ1) is 14.8. The molecule has 0 bridgehead atoms. The van der Waals surface area contributed by atoms with Gasteiger partial charge in [-0.2, -0.15) is 0 Å². The number of rotatable bonds is 9. The third-order valence-corrected chi connectivity index (χ3v) is 5.42. The molecule has 3 rings (SSSR count). The number of hydrogen-bond donors (Lipinski definition) is 3. The molecule has 0 aromatic heterocycles. The number of carbonyl (C=O) groups is 2. The van der Waals surface area contributed by atoms with Gasteiger partial charge in [-0.25, -0.2) is 4.28 Å². The number of ether oxygens (including phenoxy) is 1. The maximum Gasteiger partial charge on any atom is 0.294 e. The molecule has 0 saturated heterocycles. The molecule has 164 valence electrons. The van der Waals surface area contributed by atoms with E-state index in [1.165, 1.54) is 4.74 Å². The summed E-state index contributed by atoms with van der Waals surface area (Å²) in [4.78, 5) is 24.2. The number of unbranched alkanes of at least 4 members (excludes halogenated alkanes) is 1. The molecule has 2 aromatic carbocycles. The fourth-order valence-corrected chi connectivity index (χ4v) is 3.40. The Morgan fingerprint density at radius 1 is 1.26 bits per heavy atom. The number of hydrogen-bond acceptors (Lipinski definition) is 5. The molecule has 1 aliphatic rings. The molecule has 0 unspecified atom stereocenters. The van der Waals surface area contributed by atoms with E-state index in [1.807, 2.05) is 32.0 Å². The Morgan fingerprint density at radius 3 is 2.71 bits per heavy atom. The number of carbonyl (C=O) groups excluding carboxylic acids is 2. The number of anilines is 2. The SMILES string of the molecule is CC1(C)C(=O)Nc2ccc(OCCCC=[N+](CC(=O)Nc3ccc(Cl)cc3)OS)cc21. The second-order valence-corrected chi connectivity index (χ2v) is 8.27. The molecule has 9 heteroatoms. The second kappa shape index (κ2) is 10.1. The molecule has 2 amide bonds. The van der Waals surface area contributed by atoms with Gasteiger partial charge in [0.15, 0.2) is 6.21 Å². The summed E-state index contributed by atoms with van der Waals surface area (Å²) < 4.78 is 12.1. The first kappa shape index (κ1) is 23.0. The van der Waals surface area contributed by atoms with Crippen LogP contribution < -0.4 is 15.4 Å². The van der Waals surface area contributed by atoms with Gasteiger partial charge in [0.1, 0.15) is 18.7 Å². The summed E-state index contributed by atoms with van der Waals surface area (Å²) >= 11 is 9.64. The Morgan fingerprint density at radius 2 is 2.00 bits per heavy atom. The largest absolute Gasteiger partial charge is 0.494 e. The lowest BCUT2D eigenvalue weighted by molar-refractivity contribution is -0.728. The molecule has 0 atom stereocenters. The van der Waals surface area contributed by atoms with Gasteiger partial charge in [-0.05, 0) is 73.0 Å². The third-order valence-electron chi connectivity index (χ3n) is 4.96. The minimum atomic E-state index is -0.570. The Balaban J connectivity index is 1.44. The van der Waals surface area contributed by atoms with Gasteiger partial charge in [0.05, 0.1) is 12.0 Å². The predicted molar refractivity (Wildman–Crippen MR) is 124 cm³/mol.